The van der Waals surface area contributed by atoms with E-state index < -0.39 is 0 Å². The van der Waals surface area contributed by atoms with Gasteiger partial charge in [-0.05, 0) is 25.0 Å². The molecule has 92 valence electrons. The number of nitrogens with zero attached hydrogens (tertiary/aromatic N) is 1. The van der Waals surface area contributed by atoms with Gasteiger partial charge in [-0.15, -0.1) is 0 Å². The van der Waals surface area contributed by atoms with Crippen LogP contribution < -0.4 is 11.3 Å². The highest BCUT2D eigenvalue weighted by molar-refractivity contribution is 8.13. The maximum absolute atomic E-state index is 11.8. The molecule has 1 heterocycles. The molecule has 0 aliphatic heterocycles. The minimum Gasteiger partial charge on any atom is -0.369 e. The van der Waals surface area contributed by atoms with Gasteiger partial charge in [0.25, 0.3) is 5.56 Å². The first-order chi connectivity index (χ1) is 8.11. The van der Waals surface area contributed by atoms with Crippen molar-refractivity contribution in [2.45, 2.75) is 26.2 Å². The molecule has 0 amide bonds. The average Bonchev–Trinajstić information content (AvgIpc) is 2.28. The van der Waals surface area contributed by atoms with Crippen LogP contribution in [0.25, 0.3) is 0 Å². The Labute approximate surface area is 103 Å². The third-order valence-corrected chi connectivity index (χ3v) is 3.83. The summed E-state index contributed by atoms with van der Waals surface area (Å²) in [7, 11) is 0. The first-order valence-electron chi connectivity index (χ1n) is 5.66. The van der Waals surface area contributed by atoms with Gasteiger partial charge in [0.15, 0.2) is 5.12 Å². The molecule has 0 aromatic carbocycles. The highest BCUT2D eigenvalue weighted by Gasteiger charge is 2.27. The number of carbonyl (C=O) groups excluding carboxylic acids is 1. The van der Waals surface area contributed by atoms with E-state index in [1.54, 1.807) is 0 Å². The van der Waals surface area contributed by atoms with Crippen molar-refractivity contribution in [3.05, 3.63) is 21.6 Å². The molecule has 1 aromatic rings. The Hall–Kier alpha value is -1.30. The summed E-state index contributed by atoms with van der Waals surface area (Å²) in [4.78, 5) is 30.1. The van der Waals surface area contributed by atoms with Crippen LogP contribution in [0.15, 0.2) is 4.79 Å². The number of aromatic amines is 1. The lowest BCUT2D eigenvalue weighted by molar-refractivity contribution is -0.114. The molecule has 1 atom stereocenters. The van der Waals surface area contributed by atoms with E-state index in [9.17, 15) is 9.59 Å². The Morgan fingerprint density at radius 1 is 1.65 bits per heavy atom. The number of nitrogens with one attached hydrogen (secondary N) is 1. The molecule has 1 aromatic heterocycles. The number of aryl methyl sites for hydroxylation is 1. The zero-order chi connectivity index (χ0) is 12.4. The number of thioether (sulfide) groups is 1. The van der Waals surface area contributed by atoms with Gasteiger partial charge in [-0.2, -0.15) is 0 Å². The minimum absolute atomic E-state index is 0.0565. The van der Waals surface area contributed by atoms with Crippen LogP contribution in [0.2, 0.25) is 0 Å². The van der Waals surface area contributed by atoms with E-state index in [0.717, 1.165) is 17.9 Å². The molecule has 0 saturated heterocycles. The van der Waals surface area contributed by atoms with Crippen LogP contribution in [-0.2, 0) is 17.6 Å². The number of carbonyl (C=O) groups is 1. The SMILES string of the molecule is CCSC(=O)C1CCc2nc(N)[nH]c(=O)c2C1. The van der Waals surface area contributed by atoms with Crippen molar-refractivity contribution in [3.8, 4) is 0 Å². The Morgan fingerprint density at radius 2 is 2.41 bits per heavy atom. The van der Waals surface area contributed by atoms with Gasteiger partial charge in [0.2, 0.25) is 5.95 Å². The number of rotatable bonds is 2. The smallest absolute Gasteiger partial charge is 0.255 e. The number of nitrogen functional groups attached to an aromatic ring is 1. The van der Waals surface area contributed by atoms with E-state index in [1.807, 2.05) is 6.92 Å². The van der Waals surface area contributed by atoms with Crippen molar-refractivity contribution in [1.82, 2.24) is 9.97 Å². The lowest BCUT2D eigenvalue weighted by atomic mass is 9.88. The highest BCUT2D eigenvalue weighted by atomic mass is 32.2. The molecule has 5 nitrogen and oxygen atoms in total. The van der Waals surface area contributed by atoms with Crippen LogP contribution in [0.3, 0.4) is 0 Å². The maximum atomic E-state index is 11.8. The van der Waals surface area contributed by atoms with Gasteiger partial charge in [-0.1, -0.05) is 18.7 Å². The van der Waals surface area contributed by atoms with Crippen LogP contribution in [0, 0.1) is 5.92 Å². The summed E-state index contributed by atoms with van der Waals surface area (Å²) in [6.45, 7) is 1.95. The summed E-state index contributed by atoms with van der Waals surface area (Å²) >= 11 is 1.33. The van der Waals surface area contributed by atoms with Gasteiger partial charge in [0, 0.05) is 11.5 Å². The van der Waals surface area contributed by atoms with Gasteiger partial charge in [-0.25, -0.2) is 4.98 Å². The topological polar surface area (TPSA) is 88.8 Å². The second-order valence-electron chi connectivity index (χ2n) is 4.07. The zero-order valence-corrected chi connectivity index (χ0v) is 10.5. The number of H-pyrrole nitrogens is 1. The summed E-state index contributed by atoms with van der Waals surface area (Å²) < 4.78 is 0. The molecule has 0 radical (unpaired) electrons. The van der Waals surface area contributed by atoms with Gasteiger partial charge in [-0.3, -0.25) is 14.6 Å². The maximum Gasteiger partial charge on any atom is 0.255 e. The van der Waals surface area contributed by atoms with Gasteiger partial charge in [0.1, 0.15) is 0 Å². The van der Waals surface area contributed by atoms with Crippen LogP contribution in [0.4, 0.5) is 5.95 Å². The van der Waals surface area contributed by atoms with Crippen molar-refractivity contribution >= 4 is 22.8 Å². The molecule has 0 saturated carbocycles. The number of anilines is 1. The third kappa shape index (κ3) is 2.52. The summed E-state index contributed by atoms with van der Waals surface area (Å²) in [5.74, 6) is 0.874. The molecule has 0 bridgehead atoms. The zero-order valence-electron chi connectivity index (χ0n) is 9.66. The number of hydrogen-bond donors (Lipinski definition) is 2. The molecule has 2 rings (SSSR count). The Morgan fingerprint density at radius 3 is 3.12 bits per heavy atom. The molecule has 0 spiro atoms. The van der Waals surface area contributed by atoms with E-state index in [2.05, 4.69) is 9.97 Å². The van der Waals surface area contributed by atoms with E-state index in [-0.39, 0.29) is 22.5 Å². The van der Waals surface area contributed by atoms with Crippen LogP contribution in [-0.4, -0.2) is 20.8 Å². The van der Waals surface area contributed by atoms with Gasteiger partial charge < -0.3 is 5.73 Å². The monoisotopic (exact) mass is 253 g/mol. The first-order valence-corrected chi connectivity index (χ1v) is 6.64. The van der Waals surface area contributed by atoms with Gasteiger partial charge >= 0.3 is 0 Å². The second kappa shape index (κ2) is 4.91. The van der Waals surface area contributed by atoms with Crippen molar-refractivity contribution in [2.75, 3.05) is 11.5 Å². The minimum atomic E-state index is -0.202. The van der Waals surface area contributed by atoms with E-state index in [0.29, 0.717) is 18.4 Å². The van der Waals surface area contributed by atoms with E-state index in [1.165, 1.54) is 11.8 Å². The number of hydrogen-bond acceptors (Lipinski definition) is 5. The molecule has 1 aliphatic rings. The van der Waals surface area contributed by atoms with Crippen molar-refractivity contribution in [1.29, 1.82) is 0 Å². The predicted molar refractivity (Wildman–Crippen MR) is 67.9 cm³/mol. The van der Waals surface area contributed by atoms with Gasteiger partial charge in [0.05, 0.1) is 5.69 Å². The first kappa shape index (κ1) is 12.2. The summed E-state index contributed by atoms with van der Waals surface area (Å²) in [5, 5.41) is 0.175. The standard InChI is InChI=1S/C11H15N3O2S/c1-2-17-10(16)6-3-4-8-7(5-6)9(15)14-11(12)13-8/h6H,2-5H2,1H3,(H3,12,13,14,15). The van der Waals surface area contributed by atoms with Crippen LogP contribution in [0.1, 0.15) is 24.6 Å². The molecular formula is C11H15N3O2S. The lowest BCUT2D eigenvalue weighted by Crippen LogP contribution is -2.29. The van der Waals surface area contributed by atoms with Crippen molar-refractivity contribution in [3.63, 3.8) is 0 Å². The van der Waals surface area contributed by atoms with Crippen molar-refractivity contribution in [2.24, 2.45) is 5.92 Å². The molecule has 1 aliphatic carbocycles. The molecule has 3 N–H and O–H groups in total. The van der Waals surface area contributed by atoms with Crippen molar-refractivity contribution < 1.29 is 4.79 Å². The summed E-state index contributed by atoms with van der Waals surface area (Å²) in [6.07, 6.45) is 1.91. The molecule has 1 unspecified atom stereocenters. The number of aromatic nitrogens is 2. The number of fused-ring (bicyclic) bond motifs is 1. The second-order valence-corrected chi connectivity index (χ2v) is 5.34. The fourth-order valence-electron chi connectivity index (χ4n) is 2.10. The summed E-state index contributed by atoms with van der Waals surface area (Å²) in [6, 6.07) is 0. The quantitative estimate of drug-likeness (QED) is 0.811. The van der Waals surface area contributed by atoms with E-state index >= 15 is 0 Å². The molecular weight excluding hydrogens is 238 g/mol. The number of nitrogens with two attached hydrogens (primary N) is 1. The summed E-state index contributed by atoms with van der Waals surface area (Å²) in [5.41, 5.74) is 6.66. The normalized spacial score (nSPS) is 18.8. The fourth-order valence-corrected chi connectivity index (χ4v) is 2.82. The largest absolute Gasteiger partial charge is 0.369 e. The molecule has 17 heavy (non-hydrogen) atoms. The third-order valence-electron chi connectivity index (χ3n) is 2.92. The fraction of sp³-hybridized carbons (Fsp3) is 0.545. The van der Waals surface area contributed by atoms with E-state index in [4.69, 9.17) is 5.73 Å². The Balaban J connectivity index is 2.24. The Kier molecular flexibility index (Phi) is 3.51. The average molecular weight is 253 g/mol. The van der Waals surface area contributed by atoms with Crippen LogP contribution in [0.5, 0.6) is 0 Å². The van der Waals surface area contributed by atoms with Crippen LogP contribution >= 0.6 is 11.8 Å². The highest BCUT2D eigenvalue weighted by Crippen LogP contribution is 2.26. The lowest BCUT2D eigenvalue weighted by Gasteiger charge is -2.21. The molecule has 0 fully saturated rings. The predicted octanol–water partition coefficient (Wildman–Crippen LogP) is 0.737. The molecule has 6 heteroatoms. The Bertz CT molecular complexity index is 498.